The smallest absolute Gasteiger partial charge is 0.264 e. The number of allylic oxidation sites excluding steroid dienone is 3. The van der Waals surface area contributed by atoms with Gasteiger partial charge in [-0.2, -0.15) is 0 Å². The highest BCUT2D eigenvalue weighted by Crippen LogP contribution is 2.60. The first kappa shape index (κ1) is 42.8. The van der Waals surface area contributed by atoms with E-state index in [2.05, 4.69) is 11.4 Å². The molecule has 0 aromatic heterocycles. The van der Waals surface area contributed by atoms with Gasteiger partial charge in [0.25, 0.3) is 11.8 Å². The van der Waals surface area contributed by atoms with Gasteiger partial charge in [-0.3, -0.25) is 14.4 Å². The molecule has 310 valence electrons. The molecular weight excluding hydrogens is 754 g/mol. The Kier molecular flexibility index (Phi) is 12.6. The second kappa shape index (κ2) is 16.8. The largest absolute Gasteiger partial charge is 0.394 e. The number of amides is 3. The molecule has 4 aliphatic rings. The van der Waals surface area contributed by atoms with Crippen LogP contribution in [-0.4, -0.2) is 113 Å². The molecule has 2 fully saturated rings. The molecule has 4 aliphatic heterocycles. The zero-order chi connectivity index (χ0) is 41.6. The molecule has 57 heavy (non-hydrogen) atoms. The summed E-state index contributed by atoms with van der Waals surface area (Å²) in [5.41, 5.74) is 2.75. The number of aliphatic hydroxyl groups is 5. The quantitative estimate of drug-likeness (QED) is 0.111. The van der Waals surface area contributed by atoms with Gasteiger partial charge in [-0.15, -0.1) is 0 Å². The van der Waals surface area contributed by atoms with E-state index in [0.717, 1.165) is 29.5 Å². The van der Waals surface area contributed by atoms with Crippen molar-refractivity contribution in [3.05, 3.63) is 82.5 Å². The van der Waals surface area contributed by atoms with Gasteiger partial charge in [-0.1, -0.05) is 54.5 Å². The van der Waals surface area contributed by atoms with Crippen molar-refractivity contribution in [2.75, 3.05) is 23.4 Å². The third-order valence-electron chi connectivity index (χ3n) is 12.1. The number of hydrogen-bond acceptors (Lipinski definition) is 10. The van der Waals surface area contributed by atoms with Crippen molar-refractivity contribution in [3.63, 3.8) is 0 Å². The number of rotatable bonds is 11. The monoisotopic (exact) mass is 809 g/mol. The maximum Gasteiger partial charge on any atom is 0.264 e. The molecule has 3 amide bonds. The minimum Gasteiger partial charge on any atom is -0.394 e. The second-order valence-corrected chi connectivity index (χ2v) is 20.5. The molecule has 2 aromatic carbocycles. The summed E-state index contributed by atoms with van der Waals surface area (Å²) in [6.45, 7) is 11.1. The predicted molar refractivity (Wildman–Crippen MR) is 213 cm³/mol. The fourth-order valence-corrected chi connectivity index (χ4v) is 11.6. The third-order valence-corrected chi connectivity index (χ3v) is 14.5. The molecule has 1 spiro atoms. The standard InChI is InChI=1S/C42H56FN3O10Si/c1-23(2)10-9-11-24(3)16-17-45-31-15-14-28(44-39(52)37-35(50)34(49)36(51)40(53)55-37)19-30(31)42(41(45)54)25(4)38(57(5,6)43)32(56-42)20-33(48)46-21-27-13-8-7-12-26(27)18-29(46)22-47/h7-8,10,12-16,19,25,29,32,34-38,40,47,49-51,53H,9,11,17-18,20-22H2,1-6H3,(H,44,52)/b24-16+/t25-,29-,32+,34-,35-,36+,37-,38-,40+,42+/m0/s1. The van der Waals surface area contributed by atoms with Crippen molar-refractivity contribution < 1.29 is 53.5 Å². The molecule has 6 rings (SSSR count). The van der Waals surface area contributed by atoms with E-state index in [1.54, 1.807) is 48.0 Å². The van der Waals surface area contributed by atoms with Crippen LogP contribution in [0.4, 0.5) is 15.5 Å². The molecule has 4 heterocycles. The highest BCUT2D eigenvalue weighted by Gasteiger charge is 2.67. The van der Waals surface area contributed by atoms with E-state index in [4.69, 9.17) is 9.47 Å². The average molecular weight is 810 g/mol. The van der Waals surface area contributed by atoms with Crippen molar-refractivity contribution in [2.45, 2.75) is 127 Å². The Balaban J connectivity index is 1.35. The molecule has 13 nitrogen and oxygen atoms in total. The summed E-state index contributed by atoms with van der Waals surface area (Å²) in [6.07, 6.45) is -4.25. The lowest BCUT2D eigenvalue weighted by Crippen LogP contribution is -2.60. The first-order chi connectivity index (χ1) is 26.9. The normalized spacial score (nSPS) is 31.3. The number of hydrogen-bond donors (Lipinski definition) is 6. The van der Waals surface area contributed by atoms with Crippen molar-refractivity contribution >= 4 is 37.5 Å². The summed E-state index contributed by atoms with van der Waals surface area (Å²) in [7, 11) is -3.68. The molecular formula is C42H56FN3O10Si. The summed E-state index contributed by atoms with van der Waals surface area (Å²) in [4.78, 5) is 45.8. The molecule has 2 saturated heterocycles. The number of nitrogens with zero attached hydrogens (tertiary/aromatic N) is 2. The number of carbonyl (C=O) groups is 3. The number of nitrogens with one attached hydrogen (secondary N) is 1. The van der Waals surface area contributed by atoms with Gasteiger partial charge in [0.15, 0.2) is 18.0 Å². The van der Waals surface area contributed by atoms with Gasteiger partial charge in [0, 0.05) is 35.8 Å². The molecule has 10 atom stereocenters. The van der Waals surface area contributed by atoms with Crippen LogP contribution in [0.1, 0.15) is 63.6 Å². The van der Waals surface area contributed by atoms with Crippen molar-refractivity contribution in [1.82, 2.24) is 4.90 Å². The highest BCUT2D eigenvalue weighted by atomic mass is 28.4. The predicted octanol–water partition coefficient (Wildman–Crippen LogP) is 3.58. The maximum absolute atomic E-state index is 16.7. The van der Waals surface area contributed by atoms with Gasteiger partial charge in [0.1, 0.15) is 18.3 Å². The lowest BCUT2D eigenvalue weighted by Gasteiger charge is -2.37. The average Bonchev–Trinajstić information content (AvgIpc) is 3.58. The van der Waals surface area contributed by atoms with Crippen LogP contribution in [0.15, 0.2) is 65.8 Å². The summed E-state index contributed by atoms with van der Waals surface area (Å²) >= 11 is 0. The Labute approximate surface area is 334 Å². The summed E-state index contributed by atoms with van der Waals surface area (Å²) in [6, 6.07) is 12.0. The first-order valence-corrected chi connectivity index (χ1v) is 22.6. The number of carbonyl (C=O) groups excluding carboxylic acids is 3. The number of aliphatic hydroxyl groups excluding tert-OH is 5. The van der Waals surface area contributed by atoms with Gasteiger partial charge in [0.05, 0.1) is 30.9 Å². The van der Waals surface area contributed by atoms with Crippen molar-refractivity contribution in [1.29, 1.82) is 0 Å². The molecule has 15 heteroatoms. The van der Waals surface area contributed by atoms with Crippen LogP contribution < -0.4 is 10.2 Å². The van der Waals surface area contributed by atoms with Crippen molar-refractivity contribution in [3.8, 4) is 0 Å². The summed E-state index contributed by atoms with van der Waals surface area (Å²) in [5.74, 6) is -2.43. The van der Waals surface area contributed by atoms with Gasteiger partial charge in [-0.05, 0) is 82.5 Å². The van der Waals surface area contributed by atoms with Crippen LogP contribution in [0.5, 0.6) is 0 Å². The van der Waals surface area contributed by atoms with Gasteiger partial charge < -0.3 is 54.2 Å². The first-order valence-electron chi connectivity index (χ1n) is 19.7. The van der Waals surface area contributed by atoms with E-state index >= 15 is 4.11 Å². The Morgan fingerprint density at radius 3 is 2.39 bits per heavy atom. The van der Waals surface area contributed by atoms with Crippen molar-refractivity contribution in [2.24, 2.45) is 5.92 Å². The molecule has 0 aliphatic carbocycles. The van der Waals surface area contributed by atoms with E-state index in [9.17, 15) is 39.9 Å². The minimum atomic E-state index is -3.68. The number of ether oxygens (including phenoxy) is 2. The van der Waals surface area contributed by atoms with E-state index in [1.165, 1.54) is 5.57 Å². The number of fused-ring (bicyclic) bond motifs is 3. The SMILES string of the molecule is CC(C)=CCC/C(C)=C/CN1C(=O)[C@]2(O[C@H](CC(=O)N3Cc4ccccc4C[C@H]3CO)[C@@H]([Si](C)(C)F)[C@@H]2C)c2cc(NC(=O)[C@H]3O[C@@H](O)[C@H](O)[C@@H](O)[C@@H]3O)ccc21. The van der Waals surface area contributed by atoms with Crippen LogP contribution >= 0.6 is 0 Å². The lowest BCUT2D eigenvalue weighted by atomic mass is 9.82. The third kappa shape index (κ3) is 8.26. The second-order valence-electron chi connectivity index (χ2n) is 16.7. The van der Waals surface area contributed by atoms with Crippen LogP contribution in [0.25, 0.3) is 0 Å². The van der Waals surface area contributed by atoms with Crippen LogP contribution in [-0.2, 0) is 42.4 Å². The minimum absolute atomic E-state index is 0.161. The van der Waals surface area contributed by atoms with Gasteiger partial charge in [0.2, 0.25) is 14.3 Å². The molecule has 0 saturated carbocycles. The molecule has 0 radical (unpaired) electrons. The summed E-state index contributed by atoms with van der Waals surface area (Å²) < 4.78 is 28.7. The molecule has 0 unspecified atom stereocenters. The lowest BCUT2D eigenvalue weighted by molar-refractivity contribution is -0.274. The van der Waals surface area contributed by atoms with Crippen LogP contribution in [0.2, 0.25) is 18.6 Å². The molecule has 2 aromatic rings. The topological polar surface area (TPSA) is 189 Å². The van der Waals surface area contributed by atoms with E-state index in [1.807, 2.05) is 51.1 Å². The number of halogens is 1. The van der Waals surface area contributed by atoms with Crippen LogP contribution in [0.3, 0.4) is 0 Å². The maximum atomic E-state index is 16.7. The number of anilines is 2. The molecule has 6 N–H and O–H groups in total. The highest BCUT2D eigenvalue weighted by molar-refractivity contribution is 6.72. The fourth-order valence-electron chi connectivity index (χ4n) is 9.07. The Bertz CT molecular complexity index is 1920. The van der Waals surface area contributed by atoms with Gasteiger partial charge >= 0.3 is 0 Å². The van der Waals surface area contributed by atoms with Gasteiger partial charge in [-0.25, -0.2) is 0 Å². The Morgan fingerprint density at radius 1 is 1.02 bits per heavy atom. The zero-order valence-electron chi connectivity index (χ0n) is 33.4. The van der Waals surface area contributed by atoms with E-state index < -0.39 is 80.1 Å². The Hall–Kier alpha value is -3.80. The Morgan fingerprint density at radius 2 is 1.72 bits per heavy atom. The fraction of sp³-hybridized carbons (Fsp3) is 0.548. The van der Waals surface area contributed by atoms with Crippen LogP contribution in [0, 0.1) is 5.92 Å². The van der Waals surface area contributed by atoms with E-state index in [-0.39, 0.29) is 37.7 Å². The zero-order valence-corrected chi connectivity index (χ0v) is 34.4. The number of benzene rings is 2. The molecule has 0 bridgehead atoms. The summed E-state index contributed by atoms with van der Waals surface area (Å²) in [5, 5.41) is 53.6. The van der Waals surface area contributed by atoms with E-state index in [0.29, 0.717) is 17.7 Å².